The minimum Gasteiger partial charge on any atom is -0.337 e. The number of aryl methyl sites for hydroxylation is 1. The molecule has 0 aliphatic heterocycles. The van der Waals surface area contributed by atoms with Crippen molar-refractivity contribution < 1.29 is 14.2 Å². The first-order valence-corrected chi connectivity index (χ1v) is 8.32. The summed E-state index contributed by atoms with van der Waals surface area (Å²) in [6.45, 7) is 2.00. The summed E-state index contributed by atoms with van der Waals surface area (Å²) in [5.74, 6) is 0.172. The highest BCUT2D eigenvalue weighted by Crippen LogP contribution is 2.24. The Balaban J connectivity index is 1.78. The van der Waals surface area contributed by atoms with Gasteiger partial charge in [0.25, 0.3) is 11.6 Å². The van der Waals surface area contributed by atoms with Crippen molar-refractivity contribution in [1.82, 2.24) is 15.0 Å². The van der Waals surface area contributed by atoms with Gasteiger partial charge in [0, 0.05) is 24.7 Å². The number of amides is 1. The molecule has 0 saturated carbocycles. The molecule has 0 bridgehead atoms. The maximum Gasteiger partial charge on any atom is 0.270 e. The Bertz CT molecular complexity index is 1020. The molecule has 1 aromatic heterocycles. The Morgan fingerprint density at radius 3 is 2.78 bits per heavy atom. The fraction of sp³-hybridized carbons (Fsp3) is 0.167. The lowest BCUT2D eigenvalue weighted by atomic mass is 10.1. The lowest BCUT2D eigenvalue weighted by molar-refractivity contribution is -0.384. The monoisotopic (exact) mass is 386 g/mol. The number of aromatic nitrogens is 2. The molecular weight excluding hydrogens is 372 g/mol. The number of carbonyl (C=O) groups excluding carboxylic acids is 1. The third-order valence-corrected chi connectivity index (χ3v) is 4.18. The highest BCUT2D eigenvalue weighted by Gasteiger charge is 2.21. The summed E-state index contributed by atoms with van der Waals surface area (Å²) in [5, 5.41) is 15.0. The van der Waals surface area contributed by atoms with Gasteiger partial charge in [0.2, 0.25) is 11.7 Å². The van der Waals surface area contributed by atoms with Gasteiger partial charge >= 0.3 is 0 Å². The van der Waals surface area contributed by atoms with Gasteiger partial charge in [-0.1, -0.05) is 40.5 Å². The standard InChI is InChI=1S/C18H15ClN4O4/c1-11-4-3-5-12(8-11)17-20-16(27-21-17)10-22(2)18(24)14-9-13(23(25)26)6-7-15(14)19/h3-9H,10H2,1-2H3. The fourth-order valence-electron chi connectivity index (χ4n) is 2.49. The number of non-ortho nitro benzene ring substituents is 1. The molecule has 27 heavy (non-hydrogen) atoms. The van der Waals surface area contributed by atoms with Gasteiger partial charge in [-0.05, 0) is 19.1 Å². The van der Waals surface area contributed by atoms with E-state index >= 15 is 0 Å². The van der Waals surface area contributed by atoms with E-state index in [9.17, 15) is 14.9 Å². The van der Waals surface area contributed by atoms with Gasteiger partial charge in [-0.15, -0.1) is 0 Å². The first-order valence-electron chi connectivity index (χ1n) is 7.94. The van der Waals surface area contributed by atoms with Crippen molar-refractivity contribution in [2.24, 2.45) is 0 Å². The molecule has 0 aliphatic rings. The van der Waals surface area contributed by atoms with Crippen molar-refractivity contribution in [2.75, 3.05) is 7.05 Å². The van der Waals surface area contributed by atoms with E-state index in [0.717, 1.165) is 17.2 Å². The van der Waals surface area contributed by atoms with Gasteiger partial charge in [-0.2, -0.15) is 4.98 Å². The van der Waals surface area contributed by atoms with Crippen LogP contribution in [0.2, 0.25) is 5.02 Å². The minimum absolute atomic E-state index is 0.0341. The smallest absolute Gasteiger partial charge is 0.270 e. The van der Waals surface area contributed by atoms with Crippen LogP contribution < -0.4 is 0 Å². The number of nitro groups is 1. The summed E-state index contributed by atoms with van der Waals surface area (Å²) < 4.78 is 5.21. The van der Waals surface area contributed by atoms with Crippen LogP contribution in [0.3, 0.4) is 0 Å². The van der Waals surface area contributed by atoms with Crippen molar-refractivity contribution in [1.29, 1.82) is 0 Å². The molecule has 0 unspecified atom stereocenters. The topological polar surface area (TPSA) is 102 Å². The lowest BCUT2D eigenvalue weighted by Crippen LogP contribution is -2.26. The number of rotatable bonds is 5. The number of hydrogen-bond donors (Lipinski definition) is 0. The molecule has 0 saturated heterocycles. The van der Waals surface area contributed by atoms with E-state index in [-0.39, 0.29) is 28.7 Å². The van der Waals surface area contributed by atoms with Crippen molar-refractivity contribution >= 4 is 23.2 Å². The molecular formula is C18H15ClN4O4. The van der Waals surface area contributed by atoms with E-state index in [0.29, 0.717) is 5.82 Å². The molecule has 0 atom stereocenters. The highest BCUT2D eigenvalue weighted by atomic mass is 35.5. The third-order valence-electron chi connectivity index (χ3n) is 3.85. The molecule has 0 N–H and O–H groups in total. The Hall–Kier alpha value is -3.26. The molecule has 1 heterocycles. The van der Waals surface area contributed by atoms with Crippen LogP contribution in [-0.2, 0) is 6.54 Å². The van der Waals surface area contributed by atoms with Gasteiger partial charge in [0.1, 0.15) is 0 Å². The number of halogens is 1. The molecule has 9 heteroatoms. The average Bonchev–Trinajstić information content (AvgIpc) is 3.10. The van der Waals surface area contributed by atoms with Gasteiger partial charge in [0.15, 0.2) is 0 Å². The van der Waals surface area contributed by atoms with Crippen LogP contribution in [0.5, 0.6) is 0 Å². The van der Waals surface area contributed by atoms with Crippen LogP contribution in [-0.4, -0.2) is 32.9 Å². The zero-order valence-corrected chi connectivity index (χ0v) is 15.3. The number of nitro benzene ring substituents is 1. The second kappa shape index (κ2) is 7.55. The van der Waals surface area contributed by atoms with Gasteiger partial charge < -0.3 is 9.42 Å². The van der Waals surface area contributed by atoms with Crippen molar-refractivity contribution in [3.63, 3.8) is 0 Å². The van der Waals surface area contributed by atoms with Gasteiger partial charge in [-0.3, -0.25) is 14.9 Å². The summed E-state index contributed by atoms with van der Waals surface area (Å²) in [5.41, 5.74) is 1.69. The first kappa shape index (κ1) is 18.5. The first-order chi connectivity index (χ1) is 12.8. The quantitative estimate of drug-likeness (QED) is 0.487. The predicted molar refractivity (Wildman–Crippen MR) is 98.4 cm³/mol. The van der Waals surface area contributed by atoms with Crippen LogP contribution in [0.1, 0.15) is 21.8 Å². The van der Waals surface area contributed by atoms with Crippen LogP contribution in [0.15, 0.2) is 47.0 Å². The maximum atomic E-state index is 12.6. The fourth-order valence-corrected chi connectivity index (χ4v) is 2.69. The van der Waals surface area contributed by atoms with E-state index in [4.69, 9.17) is 16.1 Å². The zero-order valence-electron chi connectivity index (χ0n) is 14.5. The molecule has 8 nitrogen and oxygen atoms in total. The molecule has 3 aromatic rings. The van der Waals surface area contributed by atoms with Gasteiger partial charge in [0.05, 0.1) is 22.1 Å². The Morgan fingerprint density at radius 1 is 1.30 bits per heavy atom. The number of nitrogens with zero attached hydrogens (tertiary/aromatic N) is 4. The number of hydrogen-bond acceptors (Lipinski definition) is 6. The largest absolute Gasteiger partial charge is 0.337 e. The lowest BCUT2D eigenvalue weighted by Gasteiger charge is -2.15. The molecule has 0 aliphatic carbocycles. The van der Waals surface area contributed by atoms with E-state index in [1.807, 2.05) is 31.2 Å². The van der Waals surface area contributed by atoms with Crippen molar-refractivity contribution in [3.8, 4) is 11.4 Å². The summed E-state index contributed by atoms with van der Waals surface area (Å²) in [6, 6.07) is 11.3. The summed E-state index contributed by atoms with van der Waals surface area (Å²) in [6.07, 6.45) is 0. The molecule has 138 valence electrons. The summed E-state index contributed by atoms with van der Waals surface area (Å²) >= 11 is 6.02. The Kier molecular flexibility index (Phi) is 5.18. The van der Waals surface area contributed by atoms with E-state index in [1.54, 1.807) is 0 Å². The van der Waals surface area contributed by atoms with Crippen LogP contribution in [0.25, 0.3) is 11.4 Å². The molecule has 1 amide bonds. The second-order valence-electron chi connectivity index (χ2n) is 5.96. The Morgan fingerprint density at radius 2 is 2.07 bits per heavy atom. The number of benzene rings is 2. The summed E-state index contributed by atoms with van der Waals surface area (Å²) in [4.78, 5) is 28.5. The molecule has 0 radical (unpaired) electrons. The summed E-state index contributed by atoms with van der Waals surface area (Å²) in [7, 11) is 1.52. The van der Waals surface area contributed by atoms with E-state index in [1.165, 1.54) is 24.1 Å². The minimum atomic E-state index is -0.584. The number of carbonyl (C=O) groups is 1. The SMILES string of the molecule is Cc1cccc(-c2noc(CN(C)C(=O)c3cc([N+](=O)[O-])ccc3Cl)n2)c1. The maximum absolute atomic E-state index is 12.6. The van der Waals surface area contributed by atoms with E-state index in [2.05, 4.69) is 10.1 Å². The van der Waals surface area contributed by atoms with Gasteiger partial charge in [-0.25, -0.2) is 0 Å². The zero-order chi connectivity index (χ0) is 19.6. The van der Waals surface area contributed by atoms with Crippen molar-refractivity contribution in [3.05, 3.63) is 74.6 Å². The third kappa shape index (κ3) is 4.12. The average molecular weight is 387 g/mol. The molecule has 0 spiro atoms. The molecule has 0 fully saturated rings. The van der Waals surface area contributed by atoms with E-state index < -0.39 is 10.8 Å². The Labute approximate surface area is 159 Å². The molecule has 3 rings (SSSR count). The van der Waals surface area contributed by atoms with Crippen LogP contribution in [0, 0.1) is 17.0 Å². The second-order valence-corrected chi connectivity index (χ2v) is 6.37. The molecule has 2 aromatic carbocycles. The van der Waals surface area contributed by atoms with Crippen LogP contribution in [0.4, 0.5) is 5.69 Å². The predicted octanol–water partition coefficient (Wildman–Crippen LogP) is 3.88. The van der Waals surface area contributed by atoms with Crippen molar-refractivity contribution in [2.45, 2.75) is 13.5 Å². The highest BCUT2D eigenvalue weighted by molar-refractivity contribution is 6.33. The normalized spacial score (nSPS) is 10.6. The van der Waals surface area contributed by atoms with Crippen LogP contribution >= 0.6 is 11.6 Å².